The predicted octanol–water partition coefficient (Wildman–Crippen LogP) is 3.03. The second kappa shape index (κ2) is 10.1. The molecule has 0 radical (unpaired) electrons. The van der Waals surface area contributed by atoms with Gasteiger partial charge in [-0.1, -0.05) is 0 Å². The fourth-order valence-corrected chi connectivity index (χ4v) is 6.02. The van der Waals surface area contributed by atoms with Crippen LogP contribution in [-0.4, -0.2) is 92.1 Å². The molecule has 2 unspecified atom stereocenters. The van der Waals surface area contributed by atoms with E-state index in [1.807, 2.05) is 21.6 Å². The number of likely N-dealkylation sites (tertiary alicyclic amines) is 1. The minimum absolute atomic E-state index is 0.276. The van der Waals surface area contributed by atoms with Gasteiger partial charge in [0.15, 0.2) is 0 Å². The van der Waals surface area contributed by atoms with Crippen molar-refractivity contribution in [2.75, 3.05) is 50.8 Å². The minimum Gasteiger partial charge on any atom is -0.360 e. The average molecular weight is 511 g/mol. The second-order valence-electron chi connectivity index (χ2n) is 11.2. The molecule has 0 saturated carbocycles. The van der Waals surface area contributed by atoms with Crippen molar-refractivity contribution in [3.8, 4) is 17.3 Å². The molecule has 2 fully saturated rings. The van der Waals surface area contributed by atoms with Gasteiger partial charge in [0.25, 0.3) is 0 Å². The Labute approximate surface area is 215 Å². The van der Waals surface area contributed by atoms with Crippen LogP contribution in [-0.2, 0) is 17.0 Å². The number of aromatic nitrogens is 5. The number of hydrogen-bond acceptors (Lipinski definition) is 7. The number of rotatable bonds is 9. The lowest BCUT2D eigenvalue weighted by molar-refractivity contribution is -0.0374. The van der Waals surface area contributed by atoms with Crippen molar-refractivity contribution in [1.82, 2.24) is 34.5 Å². The van der Waals surface area contributed by atoms with Crippen LogP contribution in [0.4, 0.5) is 0 Å². The van der Waals surface area contributed by atoms with Crippen molar-refractivity contribution in [2.24, 2.45) is 0 Å². The first-order valence-corrected chi connectivity index (χ1v) is 15.7. The van der Waals surface area contributed by atoms with E-state index in [0.717, 1.165) is 67.1 Å². The maximum absolute atomic E-state index is 9.61. The second-order valence-corrected chi connectivity index (χ2v) is 15.8. The monoisotopic (exact) mass is 510 g/mol. The summed E-state index contributed by atoms with van der Waals surface area (Å²) in [6.45, 7) is 6.27. The third-order valence-corrected chi connectivity index (χ3v) is 8.88. The number of nitrogens with one attached hydrogen (secondary N) is 1. The van der Waals surface area contributed by atoms with E-state index in [0.29, 0.717) is 25.2 Å². The van der Waals surface area contributed by atoms with Crippen molar-refractivity contribution in [1.29, 1.82) is 5.26 Å². The van der Waals surface area contributed by atoms with Crippen molar-refractivity contribution in [3.05, 3.63) is 31.0 Å². The molecular formula is C26H38N8OS. The largest absolute Gasteiger partial charge is 0.360 e. The number of fused-ring (bicyclic) bond motifs is 1. The lowest BCUT2D eigenvalue weighted by Gasteiger charge is -2.53. The van der Waals surface area contributed by atoms with E-state index in [-0.39, 0.29) is 5.54 Å². The number of nitriles is 1. The maximum Gasteiger partial charge on any atom is 0.145 e. The van der Waals surface area contributed by atoms with E-state index in [2.05, 4.69) is 64.2 Å². The van der Waals surface area contributed by atoms with Gasteiger partial charge < -0.3 is 14.6 Å². The zero-order valence-corrected chi connectivity index (χ0v) is 22.7. The van der Waals surface area contributed by atoms with E-state index in [9.17, 15) is 5.26 Å². The quantitative estimate of drug-likeness (QED) is 0.442. The highest BCUT2D eigenvalue weighted by Crippen LogP contribution is 2.37. The summed E-state index contributed by atoms with van der Waals surface area (Å²) in [5.74, 6) is 1.09. The number of nitrogens with zero attached hydrogens (tertiary/aromatic N) is 7. The highest BCUT2D eigenvalue weighted by Gasteiger charge is 2.48. The topological polar surface area (TPSA) is 96.8 Å². The number of piperidine rings is 1. The fraction of sp³-hybridized carbons (Fsp3) is 0.615. The molecular weight excluding hydrogens is 472 g/mol. The third kappa shape index (κ3) is 5.16. The molecule has 0 amide bonds. The molecule has 2 saturated heterocycles. The van der Waals surface area contributed by atoms with Crippen molar-refractivity contribution in [2.45, 2.75) is 50.5 Å². The van der Waals surface area contributed by atoms with Gasteiger partial charge in [-0.3, -0.25) is 9.58 Å². The summed E-state index contributed by atoms with van der Waals surface area (Å²) in [6.07, 6.45) is 17.2. The van der Waals surface area contributed by atoms with Crippen LogP contribution in [0.15, 0.2) is 31.0 Å². The SMILES string of the molecule is CC1CC(N2CC(CC#N)(n3cc(-c4ncnc5c4ccn5COCCS(C)(C)C)cn3)C2)CCN1. The minimum atomic E-state index is -0.570. The molecule has 2 atom stereocenters. The van der Waals surface area contributed by atoms with Gasteiger partial charge in [0.1, 0.15) is 24.2 Å². The Kier molecular flexibility index (Phi) is 7.10. The Morgan fingerprint density at radius 3 is 2.86 bits per heavy atom. The molecule has 3 aromatic rings. The molecule has 3 aromatic heterocycles. The summed E-state index contributed by atoms with van der Waals surface area (Å²) in [6, 6.07) is 5.59. The van der Waals surface area contributed by atoms with Crippen LogP contribution in [0.25, 0.3) is 22.3 Å². The summed E-state index contributed by atoms with van der Waals surface area (Å²) in [4.78, 5) is 11.7. The van der Waals surface area contributed by atoms with Gasteiger partial charge >= 0.3 is 0 Å². The molecule has 194 valence electrons. The molecule has 36 heavy (non-hydrogen) atoms. The molecule has 5 rings (SSSR count). The van der Waals surface area contributed by atoms with Gasteiger partial charge in [-0.15, -0.1) is 0 Å². The van der Waals surface area contributed by atoms with Gasteiger partial charge in [-0.25, -0.2) is 20.0 Å². The predicted molar refractivity (Wildman–Crippen MR) is 145 cm³/mol. The van der Waals surface area contributed by atoms with Gasteiger partial charge in [-0.05, 0) is 51.1 Å². The summed E-state index contributed by atoms with van der Waals surface area (Å²) in [5.41, 5.74) is 2.39. The zero-order chi connectivity index (χ0) is 25.3. The van der Waals surface area contributed by atoms with E-state index in [1.54, 1.807) is 6.33 Å². The molecule has 2 aliphatic rings. The molecule has 0 bridgehead atoms. The smallest absolute Gasteiger partial charge is 0.145 e. The first-order chi connectivity index (χ1) is 17.3. The lowest BCUT2D eigenvalue weighted by atomic mass is 9.83. The molecule has 0 aliphatic carbocycles. The zero-order valence-electron chi connectivity index (χ0n) is 21.9. The summed E-state index contributed by atoms with van der Waals surface area (Å²) in [7, 11) is -0.570. The van der Waals surface area contributed by atoms with Gasteiger partial charge in [-0.2, -0.15) is 10.4 Å². The Morgan fingerprint density at radius 1 is 1.28 bits per heavy atom. The molecule has 1 N–H and O–H groups in total. The van der Waals surface area contributed by atoms with Gasteiger partial charge in [0, 0.05) is 54.3 Å². The van der Waals surface area contributed by atoms with Crippen LogP contribution in [0.2, 0.25) is 0 Å². The highest BCUT2D eigenvalue weighted by atomic mass is 32.3. The van der Waals surface area contributed by atoms with Crippen molar-refractivity contribution < 1.29 is 4.74 Å². The molecule has 9 nitrogen and oxygen atoms in total. The van der Waals surface area contributed by atoms with Crippen LogP contribution in [0.5, 0.6) is 0 Å². The van der Waals surface area contributed by atoms with Crippen molar-refractivity contribution in [3.63, 3.8) is 0 Å². The Hall–Kier alpha value is -2.45. The molecule has 2 aliphatic heterocycles. The average Bonchev–Trinajstić information content (AvgIpc) is 3.46. The Balaban J connectivity index is 1.32. The lowest BCUT2D eigenvalue weighted by Crippen LogP contribution is -2.66. The van der Waals surface area contributed by atoms with Crippen LogP contribution < -0.4 is 5.32 Å². The van der Waals surface area contributed by atoms with E-state index in [4.69, 9.17) is 9.84 Å². The number of hydrogen-bond donors (Lipinski definition) is 1. The molecule has 5 heterocycles. The summed E-state index contributed by atoms with van der Waals surface area (Å²) in [5, 5.41) is 18.9. The summed E-state index contributed by atoms with van der Waals surface area (Å²) < 4.78 is 9.98. The van der Waals surface area contributed by atoms with Gasteiger partial charge in [0.05, 0.1) is 31.0 Å². The van der Waals surface area contributed by atoms with E-state index in [1.165, 1.54) is 0 Å². The fourth-order valence-electron chi connectivity index (χ4n) is 5.40. The van der Waals surface area contributed by atoms with Crippen LogP contribution in [0, 0.1) is 11.3 Å². The third-order valence-electron chi connectivity index (χ3n) is 7.48. The van der Waals surface area contributed by atoms with Crippen molar-refractivity contribution >= 4 is 21.1 Å². The molecule has 0 spiro atoms. The van der Waals surface area contributed by atoms with Crippen LogP contribution in [0.3, 0.4) is 0 Å². The van der Waals surface area contributed by atoms with Crippen LogP contribution >= 0.6 is 10.0 Å². The van der Waals surface area contributed by atoms with Crippen LogP contribution in [0.1, 0.15) is 26.2 Å². The van der Waals surface area contributed by atoms with E-state index < -0.39 is 10.0 Å². The number of ether oxygens (including phenoxy) is 1. The normalized spacial score (nSPS) is 22.9. The standard InChI is InChI=1S/C26H38N8OS/c1-20-13-22(5-9-28-20)33-16-26(17-33,7-8-27)34-15-21(14-31-34)24-23-6-10-32(25(23)30-18-29-24)19-35-11-12-36(2,3)4/h6,10,14-15,18,20,22,28H,5,7,9,11-13,16-17,19H2,1-4H3. The Bertz CT molecular complexity index is 1230. The highest BCUT2D eigenvalue weighted by molar-refractivity contribution is 8.32. The summed E-state index contributed by atoms with van der Waals surface area (Å²) >= 11 is 0. The first-order valence-electron chi connectivity index (χ1n) is 12.7. The maximum atomic E-state index is 9.61. The first kappa shape index (κ1) is 25.2. The molecule has 0 aromatic carbocycles. The Morgan fingerprint density at radius 2 is 2.11 bits per heavy atom. The molecule has 10 heteroatoms. The van der Waals surface area contributed by atoms with E-state index >= 15 is 0 Å². The van der Waals surface area contributed by atoms with Gasteiger partial charge in [0.2, 0.25) is 0 Å².